The SMILES string of the molecule is Cc1cc(F)ccc1C(=O)N1C[C@@H](O)C[C@H]1C(=O)O. The molecule has 1 saturated heterocycles. The van der Waals surface area contributed by atoms with Crippen LogP contribution < -0.4 is 0 Å². The van der Waals surface area contributed by atoms with E-state index in [0.29, 0.717) is 5.56 Å². The molecule has 1 aliphatic rings. The number of aliphatic hydroxyl groups is 1. The van der Waals surface area contributed by atoms with Crippen LogP contribution in [0.1, 0.15) is 22.3 Å². The normalized spacial score (nSPS) is 22.6. The van der Waals surface area contributed by atoms with Gasteiger partial charge in [0.05, 0.1) is 6.10 Å². The highest BCUT2D eigenvalue weighted by molar-refractivity contribution is 5.98. The number of rotatable bonds is 2. The minimum atomic E-state index is -1.15. The van der Waals surface area contributed by atoms with Gasteiger partial charge in [-0.3, -0.25) is 4.79 Å². The Balaban J connectivity index is 2.30. The molecule has 1 aromatic carbocycles. The van der Waals surface area contributed by atoms with Crippen LogP contribution >= 0.6 is 0 Å². The van der Waals surface area contributed by atoms with Gasteiger partial charge in [-0.05, 0) is 30.7 Å². The topological polar surface area (TPSA) is 77.8 Å². The zero-order valence-corrected chi connectivity index (χ0v) is 10.3. The second-order valence-electron chi connectivity index (χ2n) is 4.66. The second kappa shape index (κ2) is 4.97. The molecule has 5 nitrogen and oxygen atoms in total. The third kappa shape index (κ3) is 2.58. The van der Waals surface area contributed by atoms with Crippen LogP contribution in [0.3, 0.4) is 0 Å². The Bertz CT molecular complexity index is 531. The van der Waals surface area contributed by atoms with Gasteiger partial charge in [-0.1, -0.05) is 0 Å². The third-order valence-electron chi connectivity index (χ3n) is 3.24. The molecule has 0 unspecified atom stereocenters. The fourth-order valence-electron chi connectivity index (χ4n) is 2.29. The second-order valence-corrected chi connectivity index (χ2v) is 4.66. The average Bonchev–Trinajstić information content (AvgIpc) is 2.70. The molecule has 0 radical (unpaired) electrons. The van der Waals surface area contributed by atoms with Crippen molar-refractivity contribution >= 4 is 11.9 Å². The third-order valence-corrected chi connectivity index (χ3v) is 3.24. The number of β-amino-alcohol motifs (C(OH)–C–C–N with tert-alkyl or cyclic N) is 1. The van der Waals surface area contributed by atoms with E-state index >= 15 is 0 Å². The monoisotopic (exact) mass is 267 g/mol. The van der Waals surface area contributed by atoms with E-state index in [1.807, 2.05) is 0 Å². The Morgan fingerprint density at radius 1 is 1.42 bits per heavy atom. The van der Waals surface area contributed by atoms with Gasteiger partial charge in [-0.2, -0.15) is 0 Å². The van der Waals surface area contributed by atoms with Crippen molar-refractivity contribution < 1.29 is 24.2 Å². The number of carboxylic acids is 1. The number of carbonyl (C=O) groups is 2. The summed E-state index contributed by atoms with van der Waals surface area (Å²) < 4.78 is 13.0. The minimum absolute atomic E-state index is 0.0152. The standard InChI is InChI=1S/C13H14FNO4/c1-7-4-8(14)2-3-10(7)12(17)15-6-9(16)5-11(15)13(18)19/h2-4,9,11,16H,5-6H2,1H3,(H,18,19)/t9-,11-/m0/s1. The number of halogens is 1. The van der Waals surface area contributed by atoms with Gasteiger partial charge in [0, 0.05) is 18.5 Å². The summed E-state index contributed by atoms with van der Waals surface area (Å²) in [6.07, 6.45) is -0.827. The van der Waals surface area contributed by atoms with Crippen molar-refractivity contribution in [3.05, 3.63) is 35.1 Å². The van der Waals surface area contributed by atoms with Crippen molar-refractivity contribution in [1.82, 2.24) is 4.90 Å². The van der Waals surface area contributed by atoms with E-state index in [4.69, 9.17) is 5.11 Å². The fourth-order valence-corrected chi connectivity index (χ4v) is 2.29. The zero-order valence-electron chi connectivity index (χ0n) is 10.3. The van der Waals surface area contributed by atoms with Crippen LogP contribution in [0.25, 0.3) is 0 Å². The van der Waals surface area contributed by atoms with Crippen molar-refractivity contribution in [3.63, 3.8) is 0 Å². The lowest BCUT2D eigenvalue weighted by Gasteiger charge is -2.22. The molecule has 1 aromatic rings. The predicted molar refractivity (Wildman–Crippen MR) is 64.2 cm³/mol. The van der Waals surface area contributed by atoms with Crippen LogP contribution in [0.15, 0.2) is 18.2 Å². The molecule has 0 spiro atoms. The van der Waals surface area contributed by atoms with Gasteiger partial charge < -0.3 is 15.1 Å². The molecular weight excluding hydrogens is 253 g/mol. The molecule has 1 fully saturated rings. The molecule has 2 rings (SSSR count). The highest BCUT2D eigenvalue weighted by atomic mass is 19.1. The maximum atomic E-state index is 13.0. The number of carboxylic acid groups (broad SMARTS) is 1. The quantitative estimate of drug-likeness (QED) is 0.830. The fraction of sp³-hybridized carbons (Fsp3) is 0.385. The molecule has 1 aliphatic heterocycles. The Morgan fingerprint density at radius 3 is 2.68 bits per heavy atom. The van der Waals surface area contributed by atoms with E-state index in [0.717, 1.165) is 11.0 Å². The van der Waals surface area contributed by atoms with Gasteiger partial charge in [0.15, 0.2) is 0 Å². The van der Waals surface area contributed by atoms with E-state index in [1.165, 1.54) is 12.1 Å². The molecule has 6 heteroatoms. The van der Waals surface area contributed by atoms with Crippen molar-refractivity contribution in [2.45, 2.75) is 25.5 Å². The molecule has 2 N–H and O–H groups in total. The van der Waals surface area contributed by atoms with E-state index in [-0.39, 0.29) is 18.5 Å². The number of amides is 1. The maximum absolute atomic E-state index is 13.0. The minimum Gasteiger partial charge on any atom is -0.480 e. The number of nitrogens with zero attached hydrogens (tertiary/aromatic N) is 1. The van der Waals surface area contributed by atoms with Crippen LogP contribution in [-0.4, -0.2) is 45.7 Å². The van der Waals surface area contributed by atoms with Gasteiger partial charge in [-0.25, -0.2) is 9.18 Å². The number of hydrogen-bond acceptors (Lipinski definition) is 3. The molecule has 19 heavy (non-hydrogen) atoms. The largest absolute Gasteiger partial charge is 0.480 e. The summed E-state index contributed by atoms with van der Waals surface area (Å²) in [5.41, 5.74) is 0.692. The highest BCUT2D eigenvalue weighted by Gasteiger charge is 2.39. The van der Waals surface area contributed by atoms with Gasteiger partial charge in [0.25, 0.3) is 5.91 Å². The van der Waals surface area contributed by atoms with E-state index in [9.17, 15) is 19.1 Å². The van der Waals surface area contributed by atoms with Gasteiger partial charge in [0.2, 0.25) is 0 Å². The molecule has 1 amide bonds. The first-order valence-electron chi connectivity index (χ1n) is 5.88. The van der Waals surface area contributed by atoms with Crippen LogP contribution in [0.4, 0.5) is 4.39 Å². The van der Waals surface area contributed by atoms with E-state index < -0.39 is 29.8 Å². The van der Waals surface area contributed by atoms with E-state index in [2.05, 4.69) is 0 Å². The lowest BCUT2D eigenvalue weighted by Crippen LogP contribution is -2.40. The summed E-state index contributed by atoms with van der Waals surface area (Å²) >= 11 is 0. The Morgan fingerprint density at radius 2 is 2.11 bits per heavy atom. The summed E-state index contributed by atoms with van der Waals surface area (Å²) in [5.74, 6) is -2.10. The maximum Gasteiger partial charge on any atom is 0.326 e. The number of carbonyl (C=O) groups excluding carboxylic acids is 1. The first kappa shape index (κ1) is 13.5. The van der Waals surface area contributed by atoms with Crippen molar-refractivity contribution in [2.24, 2.45) is 0 Å². The number of aliphatic carboxylic acids is 1. The molecule has 102 valence electrons. The number of likely N-dealkylation sites (tertiary alicyclic amines) is 1. The number of hydrogen-bond donors (Lipinski definition) is 2. The van der Waals surface area contributed by atoms with Crippen LogP contribution in [0, 0.1) is 12.7 Å². The number of benzene rings is 1. The predicted octanol–water partition coefficient (Wildman–Crippen LogP) is 0.794. The Hall–Kier alpha value is -1.95. The van der Waals surface area contributed by atoms with Crippen molar-refractivity contribution in [3.8, 4) is 0 Å². The Labute approximate surface area is 109 Å². The first-order valence-corrected chi connectivity index (χ1v) is 5.88. The molecular formula is C13H14FNO4. The molecule has 0 bridgehead atoms. The molecule has 0 saturated carbocycles. The van der Waals surface area contributed by atoms with E-state index in [1.54, 1.807) is 6.92 Å². The summed E-state index contributed by atoms with van der Waals surface area (Å²) in [6, 6.07) is 2.67. The highest BCUT2D eigenvalue weighted by Crippen LogP contribution is 2.22. The number of aliphatic hydroxyl groups excluding tert-OH is 1. The van der Waals surface area contributed by atoms with Crippen LogP contribution in [0.5, 0.6) is 0 Å². The summed E-state index contributed by atoms with van der Waals surface area (Å²) in [7, 11) is 0. The summed E-state index contributed by atoms with van der Waals surface area (Å²) in [4.78, 5) is 24.5. The van der Waals surface area contributed by atoms with Crippen LogP contribution in [0.2, 0.25) is 0 Å². The lowest BCUT2D eigenvalue weighted by atomic mass is 10.1. The van der Waals surface area contributed by atoms with Crippen molar-refractivity contribution in [2.75, 3.05) is 6.54 Å². The zero-order chi connectivity index (χ0) is 14.2. The Kier molecular flexibility index (Phi) is 3.53. The molecule has 1 heterocycles. The van der Waals surface area contributed by atoms with Gasteiger partial charge >= 0.3 is 5.97 Å². The average molecular weight is 267 g/mol. The van der Waals surface area contributed by atoms with Crippen molar-refractivity contribution in [1.29, 1.82) is 0 Å². The lowest BCUT2D eigenvalue weighted by molar-refractivity contribution is -0.141. The molecule has 0 aliphatic carbocycles. The molecule has 0 aromatic heterocycles. The first-order chi connectivity index (χ1) is 8.90. The van der Waals surface area contributed by atoms with Crippen LogP contribution in [-0.2, 0) is 4.79 Å². The summed E-state index contributed by atoms with van der Waals surface area (Å²) in [6.45, 7) is 1.56. The summed E-state index contributed by atoms with van der Waals surface area (Å²) in [5, 5.41) is 18.6. The van der Waals surface area contributed by atoms with Gasteiger partial charge in [-0.15, -0.1) is 0 Å². The smallest absolute Gasteiger partial charge is 0.326 e. The molecule has 2 atom stereocenters. The van der Waals surface area contributed by atoms with Gasteiger partial charge in [0.1, 0.15) is 11.9 Å². The number of aryl methyl sites for hydroxylation is 1.